The third-order valence-electron chi connectivity index (χ3n) is 2.03. The molecule has 0 amide bonds. The molecule has 0 radical (unpaired) electrons. The molecular weight excluding hydrogens is 198 g/mol. The van der Waals surface area contributed by atoms with Crippen LogP contribution in [0.5, 0.6) is 0 Å². The van der Waals surface area contributed by atoms with Crippen LogP contribution in [0, 0.1) is 0 Å². The monoisotopic (exact) mass is 211 g/mol. The van der Waals surface area contributed by atoms with Crippen LogP contribution in [-0.2, 0) is 14.4 Å². The minimum absolute atomic E-state index is 0.0373. The second-order valence-electron chi connectivity index (χ2n) is 3.26. The Morgan fingerprint density at radius 1 is 1.33 bits per heavy atom. The van der Waals surface area contributed by atoms with E-state index in [4.69, 9.17) is 11.6 Å². The van der Waals surface area contributed by atoms with Crippen molar-refractivity contribution < 1.29 is 14.4 Å². The Hall–Kier alpha value is -1.53. The van der Waals surface area contributed by atoms with E-state index in [0.717, 1.165) is 11.1 Å². The van der Waals surface area contributed by atoms with Crippen LogP contribution in [0.2, 0.25) is 0 Å². The van der Waals surface area contributed by atoms with Gasteiger partial charge in [0.25, 0.3) is 0 Å². The molecule has 0 saturated carbocycles. The van der Waals surface area contributed by atoms with Gasteiger partial charge >= 0.3 is 0 Å². The van der Waals surface area contributed by atoms with E-state index in [-0.39, 0.29) is 12.1 Å². The number of Topliss-reactive ketones (excluding diaryl/α,β-unsaturated/α-hetero) is 2. The number of allylic oxidation sites excluding steroid dienone is 2. The van der Waals surface area contributed by atoms with Crippen molar-refractivity contribution in [3.05, 3.63) is 11.8 Å². The molecule has 1 aliphatic carbocycles. The predicted octanol–water partition coefficient (Wildman–Crippen LogP) is -1.49. The fraction of sp³-hybridized carbons (Fsp3) is 0.444. The third kappa shape index (κ3) is 2.71. The molecule has 82 valence electrons. The van der Waals surface area contributed by atoms with E-state index in [1.54, 1.807) is 0 Å². The average Bonchev–Trinajstić information content (AvgIpc) is 2.19. The Balaban J connectivity index is 2.78. The lowest BCUT2D eigenvalue weighted by Crippen LogP contribution is -2.40. The highest BCUT2D eigenvalue weighted by Gasteiger charge is 2.29. The quantitative estimate of drug-likeness (QED) is 0.254. The van der Waals surface area contributed by atoms with Crippen molar-refractivity contribution in [3.8, 4) is 0 Å². The number of nitrogens with zero attached hydrogens (tertiary/aromatic N) is 1. The number of hydrogen-bond donors (Lipinski definition) is 2. The molecule has 0 aromatic heterocycles. The molecule has 0 saturated heterocycles. The van der Waals surface area contributed by atoms with Crippen molar-refractivity contribution in [1.82, 2.24) is 5.01 Å². The lowest BCUT2D eigenvalue weighted by Gasteiger charge is -2.21. The summed E-state index contributed by atoms with van der Waals surface area (Å²) in [6.07, 6.45) is 1.34. The van der Waals surface area contributed by atoms with Gasteiger partial charge in [0, 0.05) is 12.6 Å². The van der Waals surface area contributed by atoms with Crippen molar-refractivity contribution in [2.45, 2.75) is 12.8 Å². The Labute approximate surface area is 86.9 Å². The summed E-state index contributed by atoms with van der Waals surface area (Å²) in [6.45, 7) is 0.770. The minimum atomic E-state index is -0.708. The van der Waals surface area contributed by atoms with Crippen LogP contribution < -0.4 is 11.6 Å². The van der Waals surface area contributed by atoms with Gasteiger partial charge in [0.05, 0.1) is 6.42 Å². The first-order valence-corrected chi connectivity index (χ1v) is 4.60. The normalized spacial score (nSPS) is 16.7. The lowest BCUT2D eigenvalue weighted by molar-refractivity contribution is -0.138. The summed E-state index contributed by atoms with van der Waals surface area (Å²) in [5, 5.41) is 1.10. The Morgan fingerprint density at radius 2 is 2.00 bits per heavy atom. The summed E-state index contributed by atoms with van der Waals surface area (Å²) in [5.41, 5.74) is 5.24. The van der Waals surface area contributed by atoms with Gasteiger partial charge in [-0.15, -0.1) is 0 Å². The van der Waals surface area contributed by atoms with Crippen molar-refractivity contribution in [1.29, 1.82) is 0 Å². The number of carbonyl (C=O) groups is 3. The summed E-state index contributed by atoms with van der Waals surface area (Å²) in [6, 6.07) is 0. The molecule has 0 unspecified atom stereocenters. The maximum atomic E-state index is 11.4. The highest BCUT2D eigenvalue weighted by atomic mass is 16.2. The van der Waals surface area contributed by atoms with Gasteiger partial charge in [-0.25, -0.2) is 5.84 Å². The van der Waals surface area contributed by atoms with Gasteiger partial charge < -0.3 is 10.7 Å². The zero-order valence-electron chi connectivity index (χ0n) is 8.23. The standard InChI is InChI=1S/C9H13N3O3/c10-2-1-3-12(11)7-4-6(13)5-8(14)9(7)15/h4H,1-3,5,10-11H2. The number of carbonyl (C=O) groups excluding carboxylic acids is 3. The Morgan fingerprint density at radius 3 is 2.60 bits per heavy atom. The Bertz CT molecular complexity index is 335. The number of hydrazine groups is 1. The van der Waals surface area contributed by atoms with Crippen molar-refractivity contribution >= 4 is 17.3 Å². The van der Waals surface area contributed by atoms with Gasteiger partial charge in [-0.3, -0.25) is 14.4 Å². The summed E-state index contributed by atoms with van der Waals surface area (Å²) < 4.78 is 0. The molecule has 0 aliphatic heterocycles. The number of ketones is 3. The van der Waals surface area contributed by atoms with E-state index < -0.39 is 17.3 Å². The zero-order chi connectivity index (χ0) is 11.4. The van der Waals surface area contributed by atoms with E-state index in [2.05, 4.69) is 0 Å². The average molecular weight is 211 g/mol. The van der Waals surface area contributed by atoms with E-state index in [9.17, 15) is 14.4 Å². The molecule has 0 spiro atoms. The third-order valence-corrected chi connectivity index (χ3v) is 2.03. The maximum absolute atomic E-state index is 11.4. The van der Waals surface area contributed by atoms with E-state index in [1.165, 1.54) is 0 Å². The number of hydrogen-bond acceptors (Lipinski definition) is 6. The van der Waals surface area contributed by atoms with Gasteiger partial charge in [-0.05, 0) is 13.0 Å². The zero-order valence-corrected chi connectivity index (χ0v) is 8.23. The molecular formula is C9H13N3O3. The van der Waals surface area contributed by atoms with Crippen LogP contribution in [-0.4, -0.2) is 35.4 Å². The minimum Gasteiger partial charge on any atom is -0.330 e. The van der Waals surface area contributed by atoms with Crippen LogP contribution in [0.4, 0.5) is 0 Å². The van der Waals surface area contributed by atoms with E-state index >= 15 is 0 Å². The Kier molecular flexibility index (Phi) is 3.70. The molecule has 0 fully saturated rings. The highest BCUT2D eigenvalue weighted by molar-refractivity contribution is 6.48. The summed E-state index contributed by atoms with van der Waals surface area (Å²) in [4.78, 5) is 33.5. The molecule has 6 nitrogen and oxygen atoms in total. The topological polar surface area (TPSA) is 106 Å². The molecule has 4 N–H and O–H groups in total. The van der Waals surface area contributed by atoms with Gasteiger partial charge in [0.2, 0.25) is 11.6 Å². The van der Waals surface area contributed by atoms with Crippen molar-refractivity contribution in [3.63, 3.8) is 0 Å². The summed E-state index contributed by atoms with van der Waals surface area (Å²) in [5.74, 6) is 3.74. The van der Waals surface area contributed by atoms with Crippen LogP contribution in [0.25, 0.3) is 0 Å². The molecule has 0 aromatic rings. The molecule has 0 atom stereocenters. The SMILES string of the molecule is NCCCN(N)C1=CC(=O)CC(=O)C1=O. The second kappa shape index (κ2) is 4.81. The smallest absolute Gasteiger partial charge is 0.246 e. The van der Waals surface area contributed by atoms with Gasteiger partial charge in [-0.1, -0.05) is 0 Å². The molecule has 0 bridgehead atoms. The first kappa shape index (κ1) is 11.5. The predicted molar refractivity (Wildman–Crippen MR) is 52.3 cm³/mol. The van der Waals surface area contributed by atoms with E-state index in [1.807, 2.05) is 0 Å². The lowest BCUT2D eigenvalue weighted by atomic mass is 10.0. The molecule has 6 heteroatoms. The van der Waals surface area contributed by atoms with Crippen LogP contribution in [0.1, 0.15) is 12.8 Å². The van der Waals surface area contributed by atoms with Gasteiger partial charge in [0.1, 0.15) is 5.70 Å². The fourth-order valence-electron chi connectivity index (χ4n) is 1.25. The first-order chi connectivity index (χ1) is 7.06. The molecule has 0 heterocycles. The largest absolute Gasteiger partial charge is 0.330 e. The fourth-order valence-corrected chi connectivity index (χ4v) is 1.25. The van der Waals surface area contributed by atoms with Crippen LogP contribution >= 0.6 is 0 Å². The molecule has 1 aliphatic rings. The van der Waals surface area contributed by atoms with E-state index in [0.29, 0.717) is 19.5 Å². The van der Waals surface area contributed by atoms with Gasteiger partial charge in [-0.2, -0.15) is 0 Å². The van der Waals surface area contributed by atoms with Gasteiger partial charge in [0.15, 0.2) is 5.78 Å². The van der Waals surface area contributed by atoms with Crippen molar-refractivity contribution in [2.24, 2.45) is 11.6 Å². The first-order valence-electron chi connectivity index (χ1n) is 4.60. The highest BCUT2D eigenvalue weighted by Crippen LogP contribution is 2.10. The van der Waals surface area contributed by atoms with Crippen LogP contribution in [0.3, 0.4) is 0 Å². The molecule has 1 rings (SSSR count). The number of nitrogens with two attached hydrogens (primary N) is 2. The van der Waals surface area contributed by atoms with Crippen molar-refractivity contribution in [2.75, 3.05) is 13.1 Å². The molecule has 0 aromatic carbocycles. The van der Waals surface area contributed by atoms with Crippen LogP contribution in [0.15, 0.2) is 11.8 Å². The summed E-state index contributed by atoms with van der Waals surface area (Å²) in [7, 11) is 0. The maximum Gasteiger partial charge on any atom is 0.246 e. The molecule has 15 heavy (non-hydrogen) atoms. The second-order valence-corrected chi connectivity index (χ2v) is 3.26. The number of rotatable bonds is 4. The summed E-state index contributed by atoms with van der Waals surface area (Å²) >= 11 is 0.